The third-order valence-corrected chi connectivity index (χ3v) is 4.98. The van der Waals surface area contributed by atoms with E-state index in [1.54, 1.807) is 12.1 Å². The first-order valence-electron chi connectivity index (χ1n) is 4.62. The summed E-state index contributed by atoms with van der Waals surface area (Å²) in [4.78, 5) is 0.862. The van der Waals surface area contributed by atoms with Crippen molar-refractivity contribution < 1.29 is 13.6 Å². The van der Waals surface area contributed by atoms with E-state index in [-0.39, 0.29) is 0 Å². The fourth-order valence-electron chi connectivity index (χ4n) is 1.11. The van der Waals surface area contributed by atoms with Gasteiger partial charge in [0, 0.05) is 30.9 Å². The van der Waals surface area contributed by atoms with E-state index in [0.717, 1.165) is 22.2 Å². The van der Waals surface area contributed by atoms with Gasteiger partial charge >= 0.3 is 6.72 Å². The lowest BCUT2D eigenvalue weighted by molar-refractivity contribution is 0.272. The van der Waals surface area contributed by atoms with Crippen LogP contribution in [-0.2, 0) is 20.9 Å². The van der Waals surface area contributed by atoms with Crippen molar-refractivity contribution in [2.24, 2.45) is 0 Å². The minimum atomic E-state index is -2.70. The maximum absolute atomic E-state index is 8.57. The summed E-state index contributed by atoms with van der Waals surface area (Å²) in [6.45, 7) is -0.822. The Morgan fingerprint density at radius 1 is 1.35 bits per heavy atom. The molecular weight excluding hydrogens is 277 g/mol. The number of thiocyanates is 1. The maximum atomic E-state index is 8.57. The highest BCUT2D eigenvalue weighted by molar-refractivity contribution is 8.07. The van der Waals surface area contributed by atoms with Crippen LogP contribution in [0.5, 0.6) is 5.75 Å². The molecule has 1 aromatic carbocycles. The molecule has 0 spiro atoms. The zero-order chi connectivity index (χ0) is 12.9. The Kier molecular flexibility index (Phi) is 5.44. The summed E-state index contributed by atoms with van der Waals surface area (Å²) in [6.07, 6.45) is 0. The number of rotatable bonds is 5. The lowest BCUT2D eigenvalue weighted by Gasteiger charge is -2.19. The molecule has 4 nitrogen and oxygen atoms in total. The number of nitrogens with zero attached hydrogens (tertiary/aromatic N) is 1. The standard InChI is InChI=1S/C10H12NO3PS2/c1-8-6-9(17-7-11)4-5-10(8)14-15(16,12-2)13-3/h4-6H,1-3H3. The molecule has 0 amide bonds. The number of thioether (sulfide) groups is 1. The van der Waals surface area contributed by atoms with Gasteiger partial charge in [0.2, 0.25) is 0 Å². The number of nitriles is 1. The van der Waals surface area contributed by atoms with Gasteiger partial charge in [0.05, 0.1) is 0 Å². The van der Waals surface area contributed by atoms with Crippen molar-refractivity contribution in [2.45, 2.75) is 11.8 Å². The van der Waals surface area contributed by atoms with Crippen LogP contribution in [0.3, 0.4) is 0 Å². The zero-order valence-electron chi connectivity index (χ0n) is 9.67. The van der Waals surface area contributed by atoms with E-state index < -0.39 is 6.72 Å². The van der Waals surface area contributed by atoms with Gasteiger partial charge in [-0.1, -0.05) is 0 Å². The molecule has 0 saturated heterocycles. The quantitative estimate of drug-likeness (QED) is 0.470. The fourth-order valence-corrected chi connectivity index (χ4v) is 2.57. The molecule has 0 aliphatic heterocycles. The normalized spacial score (nSPS) is 10.9. The van der Waals surface area contributed by atoms with E-state index >= 15 is 0 Å². The first-order chi connectivity index (χ1) is 8.04. The molecule has 0 saturated carbocycles. The second kappa shape index (κ2) is 6.39. The van der Waals surface area contributed by atoms with E-state index in [1.807, 2.05) is 18.4 Å². The fraction of sp³-hybridized carbons (Fsp3) is 0.300. The summed E-state index contributed by atoms with van der Waals surface area (Å²) < 4.78 is 15.6. The van der Waals surface area contributed by atoms with Crippen LogP contribution < -0.4 is 4.52 Å². The lowest BCUT2D eigenvalue weighted by Crippen LogP contribution is -1.98. The summed E-state index contributed by atoms with van der Waals surface area (Å²) >= 11 is 6.22. The predicted molar refractivity (Wildman–Crippen MR) is 71.6 cm³/mol. The summed E-state index contributed by atoms with van der Waals surface area (Å²) in [7, 11) is 2.92. The van der Waals surface area contributed by atoms with Gasteiger partial charge in [-0.15, -0.1) is 0 Å². The SMILES string of the molecule is COP(=S)(OC)Oc1ccc(SC#N)cc1C. The molecule has 1 rings (SSSR count). The summed E-state index contributed by atoms with van der Waals surface area (Å²) in [5.74, 6) is 0.610. The smallest absolute Gasteiger partial charge is 0.380 e. The topological polar surface area (TPSA) is 51.5 Å². The monoisotopic (exact) mass is 289 g/mol. The molecule has 0 unspecified atom stereocenters. The Morgan fingerprint density at radius 2 is 2.00 bits per heavy atom. The van der Waals surface area contributed by atoms with Crippen LogP contribution in [0.1, 0.15) is 5.56 Å². The average Bonchev–Trinajstić information content (AvgIpc) is 2.33. The van der Waals surface area contributed by atoms with Crippen LogP contribution in [0.2, 0.25) is 0 Å². The zero-order valence-corrected chi connectivity index (χ0v) is 12.2. The van der Waals surface area contributed by atoms with Gasteiger partial charge in [-0.2, -0.15) is 5.26 Å². The van der Waals surface area contributed by atoms with Gasteiger partial charge in [-0.05, 0) is 42.4 Å². The van der Waals surface area contributed by atoms with Crippen LogP contribution in [-0.4, -0.2) is 14.2 Å². The summed E-state index contributed by atoms with van der Waals surface area (Å²) in [5.41, 5.74) is 0.883. The lowest BCUT2D eigenvalue weighted by atomic mass is 10.2. The van der Waals surface area contributed by atoms with Crippen molar-refractivity contribution in [1.82, 2.24) is 0 Å². The van der Waals surface area contributed by atoms with E-state index in [0.29, 0.717) is 5.75 Å². The molecule has 0 aliphatic rings. The molecule has 0 aliphatic carbocycles. The van der Waals surface area contributed by atoms with Gasteiger partial charge in [0.25, 0.3) is 0 Å². The second-order valence-corrected chi connectivity index (χ2v) is 7.03. The highest BCUT2D eigenvalue weighted by Gasteiger charge is 2.19. The molecule has 0 fully saturated rings. The molecule has 0 bridgehead atoms. The summed E-state index contributed by atoms with van der Waals surface area (Å²) in [5, 5.41) is 10.6. The van der Waals surface area contributed by atoms with E-state index in [2.05, 4.69) is 0 Å². The average molecular weight is 289 g/mol. The molecule has 0 atom stereocenters. The Balaban J connectivity index is 2.94. The van der Waals surface area contributed by atoms with Gasteiger partial charge in [-0.25, -0.2) is 0 Å². The Labute approximate surface area is 110 Å². The molecule has 0 N–H and O–H groups in total. The maximum Gasteiger partial charge on any atom is 0.380 e. The Hall–Kier alpha value is -0.570. The first-order valence-corrected chi connectivity index (χ1v) is 7.99. The van der Waals surface area contributed by atoms with E-state index in [1.165, 1.54) is 14.2 Å². The predicted octanol–water partition coefficient (Wildman–Crippen LogP) is 3.46. The van der Waals surface area contributed by atoms with Gasteiger partial charge in [0.1, 0.15) is 11.2 Å². The number of hydrogen-bond acceptors (Lipinski definition) is 6. The Morgan fingerprint density at radius 3 is 2.47 bits per heavy atom. The van der Waals surface area contributed by atoms with Crippen LogP contribution in [0, 0.1) is 17.6 Å². The van der Waals surface area contributed by atoms with Crippen LogP contribution in [0.15, 0.2) is 23.1 Å². The van der Waals surface area contributed by atoms with Crippen LogP contribution in [0.25, 0.3) is 0 Å². The van der Waals surface area contributed by atoms with Crippen molar-refractivity contribution in [3.05, 3.63) is 23.8 Å². The van der Waals surface area contributed by atoms with Gasteiger partial charge in [0.15, 0.2) is 0 Å². The molecule has 17 heavy (non-hydrogen) atoms. The molecule has 0 heterocycles. The van der Waals surface area contributed by atoms with E-state index in [4.69, 9.17) is 30.6 Å². The second-order valence-electron chi connectivity index (χ2n) is 3.02. The molecule has 0 radical (unpaired) electrons. The minimum absolute atomic E-state index is 0.610. The first kappa shape index (κ1) is 14.5. The number of hydrogen-bond donors (Lipinski definition) is 0. The van der Waals surface area contributed by atoms with Crippen LogP contribution >= 0.6 is 18.5 Å². The number of aryl methyl sites for hydroxylation is 1. The van der Waals surface area contributed by atoms with E-state index in [9.17, 15) is 0 Å². The third kappa shape index (κ3) is 3.98. The van der Waals surface area contributed by atoms with Crippen molar-refractivity contribution in [2.75, 3.05) is 14.2 Å². The van der Waals surface area contributed by atoms with Gasteiger partial charge < -0.3 is 13.6 Å². The molecule has 0 aromatic heterocycles. The largest absolute Gasteiger partial charge is 0.424 e. The van der Waals surface area contributed by atoms with Gasteiger partial charge in [-0.3, -0.25) is 0 Å². The number of benzene rings is 1. The van der Waals surface area contributed by atoms with Crippen molar-refractivity contribution in [3.63, 3.8) is 0 Å². The van der Waals surface area contributed by atoms with Crippen molar-refractivity contribution in [1.29, 1.82) is 5.26 Å². The minimum Gasteiger partial charge on any atom is -0.424 e. The Bertz CT molecular complexity index is 479. The summed E-state index contributed by atoms with van der Waals surface area (Å²) in [6, 6.07) is 5.41. The molecule has 92 valence electrons. The molecular formula is C10H12NO3PS2. The molecule has 1 aromatic rings. The third-order valence-electron chi connectivity index (χ3n) is 1.97. The van der Waals surface area contributed by atoms with Crippen LogP contribution in [0.4, 0.5) is 0 Å². The van der Waals surface area contributed by atoms with Crippen molar-refractivity contribution in [3.8, 4) is 11.2 Å². The highest BCUT2D eigenvalue weighted by Crippen LogP contribution is 2.49. The molecule has 7 heteroatoms. The van der Waals surface area contributed by atoms with Crippen molar-refractivity contribution >= 4 is 30.3 Å². The highest BCUT2D eigenvalue weighted by atomic mass is 32.5.